The van der Waals surface area contributed by atoms with Gasteiger partial charge in [0.15, 0.2) is 0 Å². The van der Waals surface area contributed by atoms with Gasteiger partial charge in [-0.1, -0.05) is 13.8 Å². The third kappa shape index (κ3) is 1.000. The molecular formula is C12H20S2. The van der Waals surface area contributed by atoms with Crippen LogP contribution in [-0.4, -0.2) is 9.49 Å². The SMILES string of the molecule is CC1C2CC3CC(S)(C2)C(C)C1(S)C3. The number of thiol groups is 2. The van der Waals surface area contributed by atoms with Crippen molar-refractivity contribution in [3.8, 4) is 0 Å². The summed E-state index contributed by atoms with van der Waals surface area (Å²) in [6.07, 6.45) is 5.50. The lowest BCUT2D eigenvalue weighted by Crippen LogP contribution is -2.64. The van der Waals surface area contributed by atoms with Crippen molar-refractivity contribution in [3.05, 3.63) is 0 Å². The molecule has 6 atom stereocenters. The van der Waals surface area contributed by atoms with E-state index < -0.39 is 0 Å². The van der Waals surface area contributed by atoms with Gasteiger partial charge < -0.3 is 0 Å². The minimum atomic E-state index is 0.297. The first-order valence-electron chi connectivity index (χ1n) is 5.90. The molecule has 4 bridgehead atoms. The summed E-state index contributed by atoms with van der Waals surface area (Å²) in [6, 6.07) is 0. The van der Waals surface area contributed by atoms with E-state index in [1.165, 1.54) is 25.7 Å². The van der Waals surface area contributed by atoms with E-state index in [1.807, 2.05) is 0 Å². The third-order valence-electron chi connectivity index (χ3n) is 5.56. The molecule has 6 unspecified atom stereocenters. The number of hydrogen-bond donors (Lipinski definition) is 2. The molecule has 0 nitrogen and oxygen atoms in total. The van der Waals surface area contributed by atoms with E-state index in [1.54, 1.807) is 0 Å². The van der Waals surface area contributed by atoms with Gasteiger partial charge in [-0.15, -0.1) is 0 Å². The van der Waals surface area contributed by atoms with Crippen LogP contribution in [0.25, 0.3) is 0 Å². The second kappa shape index (κ2) is 2.68. The van der Waals surface area contributed by atoms with Gasteiger partial charge in [0.1, 0.15) is 0 Å². The van der Waals surface area contributed by atoms with Gasteiger partial charge in [0.05, 0.1) is 0 Å². The molecule has 80 valence electrons. The molecule has 0 heterocycles. The lowest BCUT2D eigenvalue weighted by Gasteiger charge is -2.66. The average Bonchev–Trinajstić information content (AvgIpc) is 2.10. The number of rotatable bonds is 0. The van der Waals surface area contributed by atoms with E-state index in [2.05, 4.69) is 13.8 Å². The Kier molecular flexibility index (Phi) is 1.90. The largest absolute Gasteiger partial charge is 0.172 e. The fourth-order valence-corrected chi connectivity index (χ4v) is 6.16. The first-order valence-corrected chi connectivity index (χ1v) is 6.80. The lowest BCUT2D eigenvalue weighted by atomic mass is 9.47. The van der Waals surface area contributed by atoms with Gasteiger partial charge in [0, 0.05) is 9.49 Å². The Bertz CT molecular complexity index is 277. The molecule has 4 aliphatic carbocycles. The van der Waals surface area contributed by atoms with E-state index in [4.69, 9.17) is 25.3 Å². The first kappa shape index (κ1) is 9.89. The van der Waals surface area contributed by atoms with E-state index in [-0.39, 0.29) is 0 Å². The molecular weight excluding hydrogens is 208 g/mol. The third-order valence-corrected chi connectivity index (χ3v) is 7.29. The minimum Gasteiger partial charge on any atom is -0.172 e. The van der Waals surface area contributed by atoms with Crippen molar-refractivity contribution in [2.45, 2.75) is 49.0 Å². The summed E-state index contributed by atoms with van der Waals surface area (Å²) in [5.41, 5.74) is 0. The maximum absolute atomic E-state index is 5.05. The molecule has 2 heteroatoms. The molecule has 14 heavy (non-hydrogen) atoms. The molecule has 4 fully saturated rings. The fourth-order valence-electron chi connectivity index (χ4n) is 4.61. The summed E-state index contributed by atoms with van der Waals surface area (Å²) in [7, 11) is 0. The van der Waals surface area contributed by atoms with Crippen LogP contribution in [0.4, 0.5) is 0 Å². The van der Waals surface area contributed by atoms with Crippen LogP contribution in [0.1, 0.15) is 39.5 Å². The molecule has 0 aromatic heterocycles. The van der Waals surface area contributed by atoms with Gasteiger partial charge in [-0.2, -0.15) is 25.3 Å². The van der Waals surface area contributed by atoms with Crippen molar-refractivity contribution >= 4 is 25.3 Å². The van der Waals surface area contributed by atoms with Gasteiger partial charge in [-0.3, -0.25) is 0 Å². The van der Waals surface area contributed by atoms with E-state index in [0.29, 0.717) is 15.4 Å². The summed E-state index contributed by atoms with van der Waals surface area (Å²) in [5.74, 6) is 3.33. The summed E-state index contributed by atoms with van der Waals surface area (Å²) >= 11 is 10.0. The van der Waals surface area contributed by atoms with Crippen LogP contribution in [0.3, 0.4) is 0 Å². The van der Waals surface area contributed by atoms with Gasteiger partial charge in [-0.05, 0) is 49.4 Å². The Balaban J connectivity index is 2.06. The smallest absolute Gasteiger partial charge is 0.0199 e. The zero-order valence-electron chi connectivity index (χ0n) is 9.03. The Morgan fingerprint density at radius 3 is 2.50 bits per heavy atom. The molecule has 0 aromatic rings. The van der Waals surface area contributed by atoms with Crippen LogP contribution in [-0.2, 0) is 0 Å². The maximum Gasteiger partial charge on any atom is 0.0199 e. The van der Waals surface area contributed by atoms with E-state index >= 15 is 0 Å². The highest BCUT2D eigenvalue weighted by Crippen LogP contribution is 2.66. The maximum atomic E-state index is 5.05. The Morgan fingerprint density at radius 2 is 1.79 bits per heavy atom. The highest BCUT2D eigenvalue weighted by Gasteiger charge is 2.62. The minimum absolute atomic E-state index is 0.297. The van der Waals surface area contributed by atoms with Gasteiger partial charge in [-0.25, -0.2) is 0 Å². The van der Waals surface area contributed by atoms with Crippen LogP contribution in [0.2, 0.25) is 0 Å². The monoisotopic (exact) mass is 228 g/mol. The van der Waals surface area contributed by atoms with Crippen molar-refractivity contribution in [2.24, 2.45) is 23.7 Å². The van der Waals surface area contributed by atoms with Crippen LogP contribution in [0, 0.1) is 23.7 Å². The quantitative estimate of drug-likeness (QED) is 0.583. The Labute approximate surface area is 98.0 Å². The van der Waals surface area contributed by atoms with E-state index in [9.17, 15) is 0 Å². The summed E-state index contributed by atoms with van der Waals surface area (Å²) in [5, 5.41) is 0. The lowest BCUT2D eigenvalue weighted by molar-refractivity contribution is -0.0305. The average molecular weight is 228 g/mol. The highest BCUT2D eigenvalue weighted by atomic mass is 32.1. The zero-order chi connectivity index (χ0) is 10.1. The second-order valence-corrected chi connectivity index (χ2v) is 7.80. The standard InChI is InChI=1S/C12H20S2/c1-7-10-3-9-4-11(13,6-10)8(2)12(7,14)5-9/h7-10,13-14H,3-6H2,1-2H3. The summed E-state index contributed by atoms with van der Waals surface area (Å²) in [6.45, 7) is 4.80. The predicted octanol–water partition coefficient (Wildman–Crippen LogP) is 3.43. The second-order valence-electron chi connectivity index (χ2n) is 6.08. The van der Waals surface area contributed by atoms with Gasteiger partial charge in [0.2, 0.25) is 0 Å². The Morgan fingerprint density at radius 1 is 1.07 bits per heavy atom. The van der Waals surface area contributed by atoms with E-state index in [0.717, 1.165) is 17.8 Å². The summed E-state index contributed by atoms with van der Waals surface area (Å²) < 4.78 is 0.617. The van der Waals surface area contributed by atoms with Crippen LogP contribution >= 0.6 is 25.3 Å². The van der Waals surface area contributed by atoms with Crippen LogP contribution < -0.4 is 0 Å². The molecule has 0 aliphatic heterocycles. The van der Waals surface area contributed by atoms with Crippen molar-refractivity contribution in [3.63, 3.8) is 0 Å². The molecule has 0 saturated heterocycles. The molecule has 4 aliphatic rings. The topological polar surface area (TPSA) is 0 Å². The fraction of sp³-hybridized carbons (Fsp3) is 1.00. The molecule has 4 saturated carbocycles. The van der Waals surface area contributed by atoms with Crippen molar-refractivity contribution in [1.29, 1.82) is 0 Å². The predicted molar refractivity (Wildman–Crippen MR) is 67.2 cm³/mol. The van der Waals surface area contributed by atoms with Gasteiger partial charge in [0.25, 0.3) is 0 Å². The first-order chi connectivity index (χ1) is 6.46. The molecule has 0 aromatic carbocycles. The van der Waals surface area contributed by atoms with Gasteiger partial charge >= 0.3 is 0 Å². The van der Waals surface area contributed by atoms with Crippen molar-refractivity contribution in [2.75, 3.05) is 0 Å². The normalized spacial score (nSPS) is 66.0. The molecule has 0 amide bonds. The van der Waals surface area contributed by atoms with Crippen molar-refractivity contribution in [1.82, 2.24) is 0 Å². The molecule has 0 spiro atoms. The zero-order valence-corrected chi connectivity index (χ0v) is 10.8. The van der Waals surface area contributed by atoms with Crippen LogP contribution in [0.5, 0.6) is 0 Å². The summed E-state index contributed by atoms with van der Waals surface area (Å²) in [4.78, 5) is 0. The number of hydrogen-bond acceptors (Lipinski definition) is 2. The Hall–Kier alpha value is 0.700. The molecule has 0 radical (unpaired) electrons. The van der Waals surface area contributed by atoms with Crippen LogP contribution in [0.15, 0.2) is 0 Å². The molecule has 0 N–H and O–H groups in total. The molecule has 4 rings (SSSR count). The van der Waals surface area contributed by atoms with Crippen molar-refractivity contribution < 1.29 is 0 Å². The highest BCUT2D eigenvalue weighted by molar-refractivity contribution is 7.83.